The van der Waals surface area contributed by atoms with Gasteiger partial charge >= 0.3 is 5.97 Å². The molecule has 1 aromatic rings. The van der Waals surface area contributed by atoms with E-state index in [1.165, 1.54) is 44.9 Å². The molecule has 4 nitrogen and oxygen atoms in total. The number of aromatic amines is 1. The Kier molecular flexibility index (Phi) is 11.3. The van der Waals surface area contributed by atoms with Crippen LogP contribution in [0.4, 0.5) is 0 Å². The summed E-state index contributed by atoms with van der Waals surface area (Å²) in [7, 11) is 0. The summed E-state index contributed by atoms with van der Waals surface area (Å²) in [6.07, 6.45) is 14.1. The second-order valence-electron chi connectivity index (χ2n) is 8.93. The fourth-order valence-corrected chi connectivity index (χ4v) is 4.21. The van der Waals surface area contributed by atoms with E-state index in [2.05, 4.69) is 31.5 Å². The molecular weight excluding hydrogens is 374 g/mol. The zero-order chi connectivity index (χ0) is 21.8. The van der Waals surface area contributed by atoms with E-state index in [-0.39, 0.29) is 24.1 Å². The number of esters is 1. The first-order valence-electron chi connectivity index (χ1n) is 12.2. The van der Waals surface area contributed by atoms with Gasteiger partial charge in [0, 0.05) is 11.4 Å². The number of ether oxygens (including phenoxy) is 2. The molecule has 1 saturated heterocycles. The first kappa shape index (κ1) is 24.7. The van der Waals surface area contributed by atoms with Gasteiger partial charge in [-0.25, -0.2) is 0 Å². The molecule has 0 bridgehead atoms. The van der Waals surface area contributed by atoms with Crippen LogP contribution in [0.3, 0.4) is 0 Å². The van der Waals surface area contributed by atoms with Crippen LogP contribution >= 0.6 is 0 Å². The Balaban J connectivity index is 1.62. The van der Waals surface area contributed by atoms with Crippen LogP contribution in [-0.2, 0) is 14.3 Å². The first-order valence-corrected chi connectivity index (χ1v) is 12.2. The van der Waals surface area contributed by atoms with Crippen molar-refractivity contribution in [2.75, 3.05) is 6.61 Å². The van der Waals surface area contributed by atoms with Gasteiger partial charge in [-0.2, -0.15) is 0 Å². The Morgan fingerprint density at radius 3 is 2.47 bits per heavy atom. The molecule has 1 aliphatic heterocycles. The van der Waals surface area contributed by atoms with Gasteiger partial charge in [-0.1, -0.05) is 71.8 Å². The van der Waals surface area contributed by atoms with E-state index in [1.807, 2.05) is 13.0 Å². The largest absolute Gasteiger partial charge is 0.463 e. The summed E-state index contributed by atoms with van der Waals surface area (Å²) in [4.78, 5) is 15.9. The van der Waals surface area contributed by atoms with Crippen LogP contribution in [0.5, 0.6) is 0 Å². The minimum Gasteiger partial charge on any atom is -0.463 e. The lowest BCUT2D eigenvalue weighted by Crippen LogP contribution is -2.23. The number of aromatic nitrogens is 1. The van der Waals surface area contributed by atoms with Crippen LogP contribution < -0.4 is 0 Å². The van der Waals surface area contributed by atoms with Crippen molar-refractivity contribution in [2.24, 2.45) is 5.92 Å². The molecule has 1 aliphatic rings. The molecule has 2 rings (SSSR count). The van der Waals surface area contributed by atoms with Gasteiger partial charge in [0.05, 0.1) is 18.1 Å². The van der Waals surface area contributed by atoms with Crippen molar-refractivity contribution in [3.63, 3.8) is 0 Å². The maximum absolute atomic E-state index is 12.5. The summed E-state index contributed by atoms with van der Waals surface area (Å²) < 4.78 is 11.8. The van der Waals surface area contributed by atoms with E-state index in [4.69, 9.17) is 9.47 Å². The fourth-order valence-electron chi connectivity index (χ4n) is 4.21. The number of rotatable bonds is 15. The highest BCUT2D eigenvalue weighted by atomic mass is 16.6. The number of carbonyl (C=O) groups is 1. The molecule has 0 spiro atoms. The van der Waals surface area contributed by atoms with Gasteiger partial charge in [0.15, 0.2) is 0 Å². The van der Waals surface area contributed by atoms with E-state index in [9.17, 15) is 4.79 Å². The summed E-state index contributed by atoms with van der Waals surface area (Å²) in [5.74, 6) is -0.0132. The average molecular weight is 418 g/mol. The summed E-state index contributed by atoms with van der Waals surface area (Å²) in [6, 6.07) is 4.12. The fraction of sp³-hybridized carbons (Fsp3) is 0.731. The van der Waals surface area contributed by atoms with Crippen molar-refractivity contribution in [3.8, 4) is 0 Å². The molecule has 2 heterocycles. The van der Waals surface area contributed by atoms with Crippen molar-refractivity contribution >= 4 is 11.5 Å². The summed E-state index contributed by atoms with van der Waals surface area (Å²) >= 11 is 0. The smallest absolute Gasteiger partial charge is 0.309 e. The van der Waals surface area contributed by atoms with Crippen LogP contribution in [0.25, 0.3) is 5.57 Å². The van der Waals surface area contributed by atoms with Crippen LogP contribution in [0.1, 0.15) is 115 Å². The van der Waals surface area contributed by atoms with E-state index >= 15 is 0 Å². The molecule has 0 saturated carbocycles. The van der Waals surface area contributed by atoms with Gasteiger partial charge in [-0.05, 0) is 50.3 Å². The summed E-state index contributed by atoms with van der Waals surface area (Å²) in [5, 5.41) is 0. The minimum absolute atomic E-state index is 0.00356. The van der Waals surface area contributed by atoms with Crippen LogP contribution in [0.15, 0.2) is 18.7 Å². The van der Waals surface area contributed by atoms with Crippen molar-refractivity contribution < 1.29 is 14.3 Å². The number of unbranched alkanes of at least 4 members (excludes halogenated alkanes) is 7. The maximum Gasteiger partial charge on any atom is 0.309 e. The van der Waals surface area contributed by atoms with E-state index in [0.717, 1.165) is 49.1 Å². The average Bonchev–Trinajstić information content (AvgIpc) is 3.40. The molecule has 3 unspecified atom stereocenters. The normalized spacial score (nSPS) is 19.7. The van der Waals surface area contributed by atoms with Crippen LogP contribution in [0, 0.1) is 5.92 Å². The number of nitrogens with one attached hydrogen (secondary N) is 1. The van der Waals surface area contributed by atoms with E-state index < -0.39 is 0 Å². The molecular formula is C26H43NO3. The lowest BCUT2D eigenvalue weighted by Gasteiger charge is -2.17. The molecule has 1 fully saturated rings. The Morgan fingerprint density at radius 2 is 1.83 bits per heavy atom. The molecule has 3 atom stereocenters. The number of H-pyrrole nitrogens is 1. The Morgan fingerprint density at radius 1 is 1.13 bits per heavy atom. The van der Waals surface area contributed by atoms with Crippen molar-refractivity contribution in [3.05, 3.63) is 30.1 Å². The third-order valence-corrected chi connectivity index (χ3v) is 6.27. The second-order valence-corrected chi connectivity index (χ2v) is 8.93. The predicted octanol–water partition coefficient (Wildman–Crippen LogP) is 7.37. The molecule has 0 amide bonds. The third-order valence-electron chi connectivity index (χ3n) is 6.27. The van der Waals surface area contributed by atoms with Gasteiger partial charge < -0.3 is 14.5 Å². The maximum atomic E-state index is 12.5. The molecule has 0 aliphatic carbocycles. The van der Waals surface area contributed by atoms with Crippen LogP contribution in [0.2, 0.25) is 0 Å². The lowest BCUT2D eigenvalue weighted by molar-refractivity contribution is -0.153. The second kappa shape index (κ2) is 13.7. The van der Waals surface area contributed by atoms with Gasteiger partial charge in [0.25, 0.3) is 0 Å². The van der Waals surface area contributed by atoms with Gasteiger partial charge in [-0.3, -0.25) is 4.79 Å². The summed E-state index contributed by atoms with van der Waals surface area (Å²) in [6.45, 7) is 10.7. The first-order chi connectivity index (χ1) is 14.5. The third kappa shape index (κ3) is 8.29. The molecule has 4 heteroatoms. The lowest BCUT2D eigenvalue weighted by atomic mass is 9.98. The van der Waals surface area contributed by atoms with Crippen LogP contribution in [-0.4, -0.2) is 23.7 Å². The van der Waals surface area contributed by atoms with Gasteiger partial charge in [0.1, 0.15) is 6.61 Å². The Hall–Kier alpha value is -1.55. The SMILES string of the molecule is C=C(C)c1ccc(C2CCC(COC(=O)C(CC)CCCCCCCCCC)O2)[nH]1. The topological polar surface area (TPSA) is 51.3 Å². The molecule has 0 aromatic carbocycles. The summed E-state index contributed by atoms with van der Waals surface area (Å²) in [5.41, 5.74) is 3.16. The number of carbonyl (C=O) groups excluding carboxylic acids is 1. The highest BCUT2D eigenvalue weighted by Gasteiger charge is 2.29. The highest BCUT2D eigenvalue weighted by Crippen LogP contribution is 2.33. The molecule has 0 radical (unpaired) electrons. The van der Waals surface area contributed by atoms with Crippen molar-refractivity contribution in [1.82, 2.24) is 4.98 Å². The van der Waals surface area contributed by atoms with E-state index in [0.29, 0.717) is 6.61 Å². The van der Waals surface area contributed by atoms with Gasteiger partial charge in [-0.15, -0.1) is 0 Å². The van der Waals surface area contributed by atoms with Gasteiger partial charge in [0.2, 0.25) is 0 Å². The minimum atomic E-state index is -0.0445. The van der Waals surface area contributed by atoms with E-state index in [1.54, 1.807) is 0 Å². The molecule has 170 valence electrons. The zero-order valence-corrected chi connectivity index (χ0v) is 19.5. The standard InChI is InChI=1S/C26H43NO3/c1-5-7-8-9-10-11-12-13-14-21(6-2)26(28)29-19-22-15-18-25(30-22)24-17-16-23(27-24)20(3)4/h16-17,21-22,25,27H,3,5-15,18-19H2,1-2,4H3. The molecule has 1 aromatic heterocycles. The molecule has 30 heavy (non-hydrogen) atoms. The Labute approximate surface area is 183 Å². The number of allylic oxidation sites excluding steroid dienone is 1. The van der Waals surface area contributed by atoms with Crippen molar-refractivity contribution in [2.45, 2.75) is 110 Å². The number of hydrogen-bond donors (Lipinski definition) is 1. The molecule has 1 N–H and O–H groups in total. The quantitative estimate of drug-likeness (QED) is 0.239. The highest BCUT2D eigenvalue weighted by molar-refractivity contribution is 5.72. The Bertz CT molecular complexity index is 636. The predicted molar refractivity (Wildman–Crippen MR) is 124 cm³/mol. The monoisotopic (exact) mass is 417 g/mol. The zero-order valence-electron chi connectivity index (χ0n) is 19.5. The number of hydrogen-bond acceptors (Lipinski definition) is 3. The van der Waals surface area contributed by atoms with Crippen molar-refractivity contribution in [1.29, 1.82) is 0 Å².